The van der Waals surface area contributed by atoms with Crippen LogP contribution in [-0.2, 0) is 0 Å². The van der Waals surface area contributed by atoms with Gasteiger partial charge in [-0.25, -0.2) is 0 Å². The average Bonchev–Trinajstić information content (AvgIpc) is 3.05. The fourth-order valence-corrected chi connectivity index (χ4v) is 3.00. The number of hydrogen-bond acceptors (Lipinski definition) is 2. The normalized spacial score (nSPS) is 38.2. The average molecular weight is 210 g/mol. The molecule has 2 heteroatoms. The van der Waals surface area contributed by atoms with Crippen molar-refractivity contribution in [3.8, 4) is 0 Å². The molecule has 2 aliphatic rings. The van der Waals surface area contributed by atoms with Crippen LogP contribution in [0.3, 0.4) is 0 Å². The third-order valence-electron chi connectivity index (χ3n) is 4.35. The van der Waals surface area contributed by atoms with Gasteiger partial charge >= 0.3 is 0 Å². The SMILES string of the molecule is CCCN1CC(CC)NCC1(C)C1CC1. The van der Waals surface area contributed by atoms with E-state index in [9.17, 15) is 0 Å². The van der Waals surface area contributed by atoms with Crippen LogP contribution in [0.15, 0.2) is 0 Å². The van der Waals surface area contributed by atoms with Crippen LogP contribution in [0.4, 0.5) is 0 Å². The van der Waals surface area contributed by atoms with Crippen molar-refractivity contribution in [3.05, 3.63) is 0 Å². The highest BCUT2D eigenvalue weighted by Crippen LogP contribution is 2.44. The van der Waals surface area contributed by atoms with Crippen molar-refractivity contribution in [1.82, 2.24) is 10.2 Å². The highest BCUT2D eigenvalue weighted by Gasteiger charge is 2.47. The summed E-state index contributed by atoms with van der Waals surface area (Å²) < 4.78 is 0. The molecule has 1 N–H and O–H groups in total. The number of nitrogens with zero attached hydrogens (tertiary/aromatic N) is 1. The molecule has 0 amide bonds. The molecule has 2 unspecified atom stereocenters. The number of nitrogens with one attached hydrogen (secondary N) is 1. The van der Waals surface area contributed by atoms with Gasteiger partial charge in [0.1, 0.15) is 0 Å². The van der Waals surface area contributed by atoms with Gasteiger partial charge in [-0.1, -0.05) is 13.8 Å². The monoisotopic (exact) mass is 210 g/mol. The molecule has 2 atom stereocenters. The summed E-state index contributed by atoms with van der Waals surface area (Å²) in [5, 5.41) is 3.73. The highest BCUT2D eigenvalue weighted by atomic mass is 15.3. The van der Waals surface area contributed by atoms with E-state index in [1.807, 2.05) is 0 Å². The zero-order valence-corrected chi connectivity index (χ0v) is 10.6. The van der Waals surface area contributed by atoms with E-state index in [1.54, 1.807) is 0 Å². The lowest BCUT2D eigenvalue weighted by Crippen LogP contribution is -2.64. The first-order valence-corrected chi connectivity index (χ1v) is 6.69. The Morgan fingerprint density at radius 1 is 1.33 bits per heavy atom. The van der Waals surface area contributed by atoms with Crippen LogP contribution in [0.5, 0.6) is 0 Å². The Hall–Kier alpha value is -0.0800. The molecule has 1 heterocycles. The quantitative estimate of drug-likeness (QED) is 0.765. The molecule has 2 rings (SSSR count). The molecule has 0 aromatic carbocycles. The third-order valence-corrected chi connectivity index (χ3v) is 4.35. The van der Waals surface area contributed by atoms with Crippen LogP contribution >= 0.6 is 0 Å². The largest absolute Gasteiger partial charge is 0.311 e. The number of hydrogen-bond donors (Lipinski definition) is 1. The predicted octanol–water partition coefficient (Wildman–Crippen LogP) is 2.25. The maximum absolute atomic E-state index is 3.73. The lowest BCUT2D eigenvalue weighted by Gasteiger charge is -2.48. The molecule has 2 fully saturated rings. The Kier molecular flexibility index (Phi) is 3.36. The summed E-state index contributed by atoms with van der Waals surface area (Å²) in [5.74, 6) is 0.967. The molecule has 1 saturated heterocycles. The van der Waals surface area contributed by atoms with Crippen LogP contribution in [0.1, 0.15) is 46.5 Å². The van der Waals surface area contributed by atoms with Crippen molar-refractivity contribution in [1.29, 1.82) is 0 Å². The molecule has 1 aliphatic carbocycles. The van der Waals surface area contributed by atoms with Gasteiger partial charge in [0.25, 0.3) is 0 Å². The Morgan fingerprint density at radius 3 is 2.60 bits per heavy atom. The molecule has 2 nitrogen and oxygen atoms in total. The molecule has 0 aromatic rings. The van der Waals surface area contributed by atoms with Gasteiger partial charge < -0.3 is 5.32 Å². The van der Waals surface area contributed by atoms with E-state index < -0.39 is 0 Å². The van der Waals surface area contributed by atoms with Gasteiger partial charge in [-0.05, 0) is 45.1 Å². The Balaban J connectivity index is 2.02. The second-order valence-corrected chi connectivity index (χ2v) is 5.56. The lowest BCUT2D eigenvalue weighted by molar-refractivity contribution is 0.0343. The minimum Gasteiger partial charge on any atom is -0.311 e. The first kappa shape index (κ1) is 11.4. The van der Waals surface area contributed by atoms with Gasteiger partial charge in [0, 0.05) is 24.7 Å². The van der Waals surface area contributed by atoms with Crippen molar-refractivity contribution >= 4 is 0 Å². The molecular formula is C13H26N2. The van der Waals surface area contributed by atoms with E-state index in [0.29, 0.717) is 5.54 Å². The van der Waals surface area contributed by atoms with Crippen molar-refractivity contribution in [2.45, 2.75) is 58.0 Å². The Bertz CT molecular complexity index is 213. The summed E-state index contributed by atoms with van der Waals surface area (Å²) in [6, 6.07) is 0.725. The minimum absolute atomic E-state index is 0.460. The van der Waals surface area contributed by atoms with E-state index in [1.165, 1.54) is 45.3 Å². The summed E-state index contributed by atoms with van der Waals surface area (Å²) in [4.78, 5) is 2.76. The molecule has 0 spiro atoms. The molecule has 1 aliphatic heterocycles. The highest BCUT2D eigenvalue weighted by molar-refractivity contribution is 5.04. The van der Waals surface area contributed by atoms with E-state index in [2.05, 4.69) is 31.0 Å². The molecule has 1 saturated carbocycles. The van der Waals surface area contributed by atoms with Crippen molar-refractivity contribution in [2.24, 2.45) is 5.92 Å². The topological polar surface area (TPSA) is 15.3 Å². The summed E-state index contributed by atoms with van der Waals surface area (Å²) in [7, 11) is 0. The maximum atomic E-state index is 3.73. The molecule has 0 aromatic heterocycles. The van der Waals surface area contributed by atoms with Gasteiger partial charge in [-0.3, -0.25) is 4.90 Å². The van der Waals surface area contributed by atoms with Crippen molar-refractivity contribution in [2.75, 3.05) is 19.6 Å². The smallest absolute Gasteiger partial charge is 0.0334 e. The van der Waals surface area contributed by atoms with Gasteiger partial charge in [0.05, 0.1) is 0 Å². The van der Waals surface area contributed by atoms with E-state index >= 15 is 0 Å². The zero-order valence-electron chi connectivity index (χ0n) is 10.6. The van der Waals surface area contributed by atoms with Crippen molar-refractivity contribution < 1.29 is 0 Å². The number of rotatable bonds is 4. The van der Waals surface area contributed by atoms with Gasteiger partial charge in [0.2, 0.25) is 0 Å². The molecule has 15 heavy (non-hydrogen) atoms. The van der Waals surface area contributed by atoms with Crippen LogP contribution in [-0.4, -0.2) is 36.1 Å². The summed E-state index contributed by atoms with van der Waals surface area (Å²) >= 11 is 0. The molecular weight excluding hydrogens is 184 g/mol. The van der Waals surface area contributed by atoms with E-state index in [0.717, 1.165) is 12.0 Å². The second-order valence-electron chi connectivity index (χ2n) is 5.56. The van der Waals surface area contributed by atoms with Crippen LogP contribution in [0.25, 0.3) is 0 Å². The summed E-state index contributed by atoms with van der Waals surface area (Å²) in [5.41, 5.74) is 0.460. The summed E-state index contributed by atoms with van der Waals surface area (Å²) in [6.07, 6.45) is 5.46. The standard InChI is InChI=1S/C13H26N2/c1-4-8-15-9-12(5-2)14-10-13(15,3)11-6-7-11/h11-12,14H,4-10H2,1-3H3. The predicted molar refractivity (Wildman–Crippen MR) is 65.1 cm³/mol. The van der Waals surface area contributed by atoms with Gasteiger partial charge in [0.15, 0.2) is 0 Å². The third kappa shape index (κ3) is 2.21. The van der Waals surface area contributed by atoms with Crippen molar-refractivity contribution in [3.63, 3.8) is 0 Å². The lowest BCUT2D eigenvalue weighted by atomic mass is 9.89. The fourth-order valence-electron chi connectivity index (χ4n) is 3.00. The molecule has 0 radical (unpaired) electrons. The maximum Gasteiger partial charge on any atom is 0.0334 e. The van der Waals surface area contributed by atoms with Crippen LogP contribution < -0.4 is 5.32 Å². The van der Waals surface area contributed by atoms with Crippen LogP contribution in [0.2, 0.25) is 0 Å². The molecule has 0 bridgehead atoms. The van der Waals surface area contributed by atoms with E-state index in [-0.39, 0.29) is 0 Å². The first-order valence-electron chi connectivity index (χ1n) is 6.69. The Morgan fingerprint density at radius 2 is 2.07 bits per heavy atom. The van der Waals surface area contributed by atoms with Gasteiger partial charge in [-0.2, -0.15) is 0 Å². The fraction of sp³-hybridized carbons (Fsp3) is 1.00. The van der Waals surface area contributed by atoms with Gasteiger partial charge in [-0.15, -0.1) is 0 Å². The minimum atomic E-state index is 0.460. The first-order chi connectivity index (χ1) is 7.20. The zero-order chi connectivity index (χ0) is 10.9. The summed E-state index contributed by atoms with van der Waals surface area (Å²) in [6.45, 7) is 10.8. The molecule has 88 valence electrons. The van der Waals surface area contributed by atoms with Crippen LogP contribution in [0, 0.1) is 5.92 Å². The second kappa shape index (κ2) is 4.42. The number of piperazine rings is 1. The Labute approximate surface area is 94.4 Å². The van der Waals surface area contributed by atoms with E-state index in [4.69, 9.17) is 0 Å².